The van der Waals surface area contributed by atoms with Gasteiger partial charge in [0.05, 0.1) is 0 Å². The third-order valence-corrected chi connectivity index (χ3v) is 7.76. The van der Waals surface area contributed by atoms with Gasteiger partial charge < -0.3 is 0 Å². The maximum Gasteiger partial charge on any atom is 0.254 e. The minimum absolute atomic E-state index is 1.17. The first-order valence-electron chi connectivity index (χ1n) is 15.5. The maximum atomic E-state index is 2.43. The first-order chi connectivity index (χ1) is 18.2. The van der Waals surface area contributed by atoms with E-state index in [-0.39, 0.29) is 0 Å². The summed E-state index contributed by atoms with van der Waals surface area (Å²) in [6.45, 7) is 9.19. The summed E-state index contributed by atoms with van der Waals surface area (Å²) in [4.78, 5) is 0. The van der Waals surface area contributed by atoms with Crippen LogP contribution in [0.3, 0.4) is 0 Å². The number of hydrogen-bond donors (Lipinski definition) is 0. The second-order valence-electron chi connectivity index (χ2n) is 10.9. The highest BCUT2D eigenvalue weighted by molar-refractivity contribution is 5.49. The Labute approximate surface area is 228 Å². The standard InChI is InChI=1S/C35H53N2/c1-5-9-13-19-30-23-17-24-31(20-14-10-6-2)34(30)36-27-28-37(29-36)35-32(21-15-11-7-3)25-18-26-33(35)22-16-12-8-4/h17-18,23-29H,5-16,19-22H2,1-4H3/q+1. The van der Waals surface area contributed by atoms with Crippen LogP contribution in [0.2, 0.25) is 0 Å². The second kappa shape index (κ2) is 16.5. The number of unbranched alkanes of at least 4 members (excludes halogenated alkanes) is 8. The molecule has 0 radical (unpaired) electrons. The lowest BCUT2D eigenvalue weighted by Gasteiger charge is -2.13. The highest BCUT2D eigenvalue weighted by atomic mass is 15.1. The predicted molar refractivity (Wildman–Crippen MR) is 160 cm³/mol. The number of aryl methyl sites for hydroxylation is 4. The van der Waals surface area contributed by atoms with Crippen LogP contribution in [0, 0.1) is 0 Å². The summed E-state index contributed by atoms with van der Waals surface area (Å²) in [5, 5.41) is 0. The lowest BCUT2D eigenvalue weighted by molar-refractivity contribution is -0.595. The monoisotopic (exact) mass is 501 g/mol. The number of imidazole rings is 1. The van der Waals surface area contributed by atoms with Gasteiger partial charge in [0, 0.05) is 0 Å². The molecule has 3 aromatic rings. The van der Waals surface area contributed by atoms with Crippen LogP contribution in [0.25, 0.3) is 11.4 Å². The highest BCUT2D eigenvalue weighted by Gasteiger charge is 2.20. The van der Waals surface area contributed by atoms with Crippen LogP contribution in [0.5, 0.6) is 0 Å². The second-order valence-corrected chi connectivity index (χ2v) is 10.9. The van der Waals surface area contributed by atoms with Gasteiger partial charge in [-0.05, 0) is 73.6 Å². The van der Waals surface area contributed by atoms with E-state index in [0.717, 1.165) is 0 Å². The summed E-state index contributed by atoms with van der Waals surface area (Å²) in [6, 6.07) is 14.1. The number of benzene rings is 2. The van der Waals surface area contributed by atoms with E-state index >= 15 is 0 Å². The first kappa shape index (κ1) is 29.2. The zero-order valence-corrected chi connectivity index (χ0v) is 24.4. The molecule has 1 heterocycles. The van der Waals surface area contributed by atoms with Gasteiger partial charge in [-0.1, -0.05) is 115 Å². The molecule has 0 atom stereocenters. The van der Waals surface area contributed by atoms with Crippen LogP contribution in [0.4, 0.5) is 0 Å². The van der Waals surface area contributed by atoms with Crippen molar-refractivity contribution in [1.82, 2.24) is 4.57 Å². The average Bonchev–Trinajstić information content (AvgIpc) is 3.39. The summed E-state index contributed by atoms with van der Waals surface area (Å²) < 4.78 is 4.86. The average molecular weight is 502 g/mol. The van der Waals surface area contributed by atoms with Gasteiger partial charge in [0.15, 0.2) is 0 Å². The molecule has 0 aliphatic carbocycles. The minimum Gasteiger partial charge on any atom is -0.201 e. The molecule has 202 valence electrons. The van der Waals surface area contributed by atoms with Gasteiger partial charge in [-0.25, -0.2) is 9.13 Å². The van der Waals surface area contributed by atoms with Crippen molar-refractivity contribution in [1.29, 1.82) is 0 Å². The van der Waals surface area contributed by atoms with E-state index in [0.29, 0.717) is 0 Å². The third kappa shape index (κ3) is 8.59. The molecule has 0 saturated carbocycles. The number of para-hydroxylation sites is 2. The van der Waals surface area contributed by atoms with Gasteiger partial charge in [-0.3, -0.25) is 0 Å². The Morgan fingerprint density at radius 2 is 0.946 bits per heavy atom. The van der Waals surface area contributed by atoms with Crippen molar-refractivity contribution < 1.29 is 4.57 Å². The number of aromatic nitrogens is 2. The van der Waals surface area contributed by atoms with Gasteiger partial charge >= 0.3 is 0 Å². The first-order valence-corrected chi connectivity index (χ1v) is 15.5. The van der Waals surface area contributed by atoms with Crippen molar-refractivity contribution in [2.24, 2.45) is 0 Å². The summed E-state index contributed by atoms with van der Waals surface area (Å²) in [7, 11) is 0. The van der Waals surface area contributed by atoms with E-state index in [4.69, 9.17) is 0 Å². The molecule has 0 aliphatic heterocycles. The minimum atomic E-state index is 1.17. The molecule has 3 rings (SSSR count). The molecule has 0 amide bonds. The van der Waals surface area contributed by atoms with Crippen LogP contribution in [-0.2, 0) is 25.7 Å². The summed E-state index contributed by atoms with van der Waals surface area (Å²) in [5.74, 6) is 0. The Balaban J connectivity index is 2.01. The van der Waals surface area contributed by atoms with E-state index in [2.05, 4.69) is 91.9 Å². The quantitative estimate of drug-likeness (QED) is 0.121. The topological polar surface area (TPSA) is 8.81 Å². The smallest absolute Gasteiger partial charge is 0.201 e. The number of hydrogen-bond acceptors (Lipinski definition) is 0. The van der Waals surface area contributed by atoms with Crippen LogP contribution < -0.4 is 4.57 Å². The molecule has 0 aliphatic rings. The molecule has 0 bridgehead atoms. The van der Waals surface area contributed by atoms with Gasteiger partial charge in [0.25, 0.3) is 6.33 Å². The molecule has 0 N–H and O–H groups in total. The fourth-order valence-electron chi connectivity index (χ4n) is 5.64. The Kier molecular flexibility index (Phi) is 13.0. The normalized spacial score (nSPS) is 11.4. The lowest BCUT2D eigenvalue weighted by atomic mass is 9.97. The fourth-order valence-corrected chi connectivity index (χ4v) is 5.64. The van der Waals surface area contributed by atoms with Crippen molar-refractivity contribution >= 4 is 0 Å². The molecule has 37 heavy (non-hydrogen) atoms. The SMILES string of the molecule is CCCCCc1cccc(CCCCC)c1-n1cc[n+](-c2c(CCCCC)cccc2CCCCC)c1. The highest BCUT2D eigenvalue weighted by Crippen LogP contribution is 2.25. The largest absolute Gasteiger partial charge is 0.254 e. The Bertz CT molecular complexity index is 907. The molecular weight excluding hydrogens is 448 g/mol. The predicted octanol–water partition coefficient (Wildman–Crippen LogP) is 9.68. The Morgan fingerprint density at radius 1 is 0.541 bits per heavy atom. The summed E-state index contributed by atoms with van der Waals surface area (Å²) in [5.41, 5.74) is 8.89. The lowest BCUT2D eigenvalue weighted by Crippen LogP contribution is -2.31. The van der Waals surface area contributed by atoms with E-state index in [9.17, 15) is 0 Å². The van der Waals surface area contributed by atoms with Gasteiger partial charge in [0.2, 0.25) is 0 Å². The van der Waals surface area contributed by atoms with Crippen molar-refractivity contribution in [3.8, 4) is 11.4 Å². The van der Waals surface area contributed by atoms with Crippen molar-refractivity contribution in [2.45, 2.75) is 130 Å². The molecular formula is C35H53N2+. The van der Waals surface area contributed by atoms with Crippen molar-refractivity contribution in [2.75, 3.05) is 0 Å². The summed E-state index contributed by atoms with van der Waals surface area (Å²) >= 11 is 0. The van der Waals surface area contributed by atoms with Crippen LogP contribution in [-0.4, -0.2) is 4.57 Å². The Morgan fingerprint density at radius 3 is 1.38 bits per heavy atom. The molecule has 2 heteroatoms. The van der Waals surface area contributed by atoms with E-state index < -0.39 is 0 Å². The number of rotatable bonds is 18. The van der Waals surface area contributed by atoms with E-state index in [1.54, 1.807) is 0 Å². The molecule has 0 fully saturated rings. The molecule has 2 nitrogen and oxygen atoms in total. The third-order valence-electron chi connectivity index (χ3n) is 7.76. The zero-order chi connectivity index (χ0) is 26.3. The maximum absolute atomic E-state index is 2.43. The van der Waals surface area contributed by atoms with Crippen LogP contribution in [0.15, 0.2) is 55.1 Å². The number of nitrogens with zero attached hydrogens (tertiary/aromatic N) is 2. The van der Waals surface area contributed by atoms with Gasteiger partial charge in [0.1, 0.15) is 23.8 Å². The molecule has 2 aromatic carbocycles. The zero-order valence-electron chi connectivity index (χ0n) is 24.4. The van der Waals surface area contributed by atoms with E-state index in [1.807, 2.05) is 0 Å². The van der Waals surface area contributed by atoms with Crippen molar-refractivity contribution in [3.63, 3.8) is 0 Å². The fraction of sp³-hybridized carbons (Fsp3) is 0.571. The summed E-state index contributed by atoms with van der Waals surface area (Å²) in [6.07, 6.45) is 27.0. The van der Waals surface area contributed by atoms with Crippen LogP contribution >= 0.6 is 0 Å². The molecule has 0 unspecified atom stereocenters. The molecule has 0 saturated heterocycles. The van der Waals surface area contributed by atoms with Gasteiger partial charge in [-0.15, -0.1) is 0 Å². The van der Waals surface area contributed by atoms with Gasteiger partial charge in [-0.2, -0.15) is 0 Å². The van der Waals surface area contributed by atoms with E-state index in [1.165, 1.54) is 136 Å². The Hall–Kier alpha value is -2.35. The molecule has 1 aromatic heterocycles. The van der Waals surface area contributed by atoms with Crippen LogP contribution in [0.1, 0.15) is 127 Å². The molecule has 0 spiro atoms. The van der Waals surface area contributed by atoms with Crippen molar-refractivity contribution in [3.05, 3.63) is 77.4 Å².